The first-order valence-electron chi connectivity index (χ1n) is 3.57. The van der Waals surface area contributed by atoms with Gasteiger partial charge in [0.1, 0.15) is 0 Å². The van der Waals surface area contributed by atoms with Gasteiger partial charge in [-0.15, -0.1) is 5.10 Å². The molecule has 0 amide bonds. The SMILES string of the molecule is Cc1nnsc1CC(C)CBr. The van der Waals surface area contributed by atoms with Crippen LogP contribution >= 0.6 is 27.5 Å². The third kappa shape index (κ3) is 2.52. The maximum absolute atomic E-state index is 3.96. The smallest absolute Gasteiger partial charge is 0.0756 e. The molecule has 0 aliphatic heterocycles. The standard InChI is InChI=1S/C7H11BrN2S/c1-5(4-8)3-7-6(2)9-10-11-7/h5H,3-4H2,1-2H3. The molecule has 0 aliphatic carbocycles. The van der Waals surface area contributed by atoms with Gasteiger partial charge >= 0.3 is 0 Å². The van der Waals surface area contributed by atoms with E-state index in [0.29, 0.717) is 5.92 Å². The van der Waals surface area contributed by atoms with Gasteiger partial charge in [-0.05, 0) is 30.8 Å². The Morgan fingerprint density at radius 3 is 2.82 bits per heavy atom. The molecule has 1 aromatic heterocycles. The van der Waals surface area contributed by atoms with Crippen LogP contribution in [0.2, 0.25) is 0 Å². The van der Waals surface area contributed by atoms with Crippen LogP contribution in [0.15, 0.2) is 0 Å². The third-order valence-electron chi connectivity index (χ3n) is 1.54. The quantitative estimate of drug-likeness (QED) is 0.752. The number of hydrogen-bond donors (Lipinski definition) is 0. The van der Waals surface area contributed by atoms with Crippen LogP contribution in [0.1, 0.15) is 17.5 Å². The third-order valence-corrected chi connectivity index (χ3v) is 3.49. The van der Waals surface area contributed by atoms with Gasteiger partial charge < -0.3 is 0 Å². The van der Waals surface area contributed by atoms with Crippen molar-refractivity contribution in [1.82, 2.24) is 9.59 Å². The molecule has 0 radical (unpaired) electrons. The predicted octanol–water partition coefficient (Wildman–Crippen LogP) is 2.42. The summed E-state index contributed by atoms with van der Waals surface area (Å²) in [7, 11) is 0. The second kappa shape index (κ2) is 4.16. The molecule has 1 unspecified atom stereocenters. The van der Waals surface area contributed by atoms with Crippen molar-refractivity contribution in [2.45, 2.75) is 20.3 Å². The minimum absolute atomic E-state index is 0.677. The van der Waals surface area contributed by atoms with Crippen molar-refractivity contribution < 1.29 is 0 Å². The average Bonchev–Trinajstić information content (AvgIpc) is 2.37. The van der Waals surface area contributed by atoms with Crippen LogP contribution in [-0.2, 0) is 6.42 Å². The molecular formula is C7H11BrN2S. The Labute approximate surface area is 79.3 Å². The Hall–Kier alpha value is 0.0400. The molecule has 4 heteroatoms. The van der Waals surface area contributed by atoms with E-state index in [2.05, 4.69) is 32.4 Å². The van der Waals surface area contributed by atoms with E-state index < -0.39 is 0 Å². The molecule has 1 rings (SSSR count). The Morgan fingerprint density at radius 2 is 2.36 bits per heavy atom. The number of hydrogen-bond acceptors (Lipinski definition) is 3. The molecule has 0 N–H and O–H groups in total. The lowest BCUT2D eigenvalue weighted by atomic mass is 10.1. The number of rotatable bonds is 3. The largest absolute Gasteiger partial charge is 0.143 e. The summed E-state index contributed by atoms with van der Waals surface area (Å²) in [5.74, 6) is 0.677. The fourth-order valence-electron chi connectivity index (χ4n) is 0.809. The van der Waals surface area contributed by atoms with E-state index in [1.807, 2.05) is 6.92 Å². The summed E-state index contributed by atoms with van der Waals surface area (Å²) in [5, 5.41) is 5.00. The van der Waals surface area contributed by atoms with Gasteiger partial charge in [0.05, 0.1) is 5.69 Å². The second-order valence-corrected chi connectivity index (χ2v) is 4.23. The van der Waals surface area contributed by atoms with E-state index in [4.69, 9.17) is 0 Å². The highest BCUT2D eigenvalue weighted by Gasteiger charge is 2.07. The second-order valence-electron chi connectivity index (χ2n) is 2.75. The molecule has 0 saturated heterocycles. The van der Waals surface area contributed by atoms with Gasteiger partial charge in [0.15, 0.2) is 0 Å². The molecule has 0 fully saturated rings. The average molecular weight is 235 g/mol. The van der Waals surface area contributed by atoms with Gasteiger partial charge in [0.2, 0.25) is 0 Å². The molecule has 0 saturated carbocycles. The summed E-state index contributed by atoms with van der Waals surface area (Å²) in [4.78, 5) is 1.32. The summed E-state index contributed by atoms with van der Waals surface area (Å²) in [5.41, 5.74) is 1.09. The summed E-state index contributed by atoms with van der Waals surface area (Å²) < 4.78 is 3.89. The van der Waals surface area contributed by atoms with Crippen LogP contribution in [0.3, 0.4) is 0 Å². The van der Waals surface area contributed by atoms with Gasteiger partial charge in [0.25, 0.3) is 0 Å². The molecule has 0 aliphatic rings. The van der Waals surface area contributed by atoms with Crippen molar-refractivity contribution in [3.8, 4) is 0 Å². The fraction of sp³-hybridized carbons (Fsp3) is 0.714. The van der Waals surface area contributed by atoms with Crippen molar-refractivity contribution in [3.63, 3.8) is 0 Å². The number of halogens is 1. The van der Waals surface area contributed by atoms with Gasteiger partial charge in [-0.25, -0.2) is 0 Å². The van der Waals surface area contributed by atoms with Crippen LogP contribution in [0.5, 0.6) is 0 Å². The topological polar surface area (TPSA) is 25.8 Å². The van der Waals surface area contributed by atoms with Gasteiger partial charge in [-0.2, -0.15) is 0 Å². The zero-order valence-electron chi connectivity index (χ0n) is 6.67. The molecule has 62 valence electrons. The first kappa shape index (κ1) is 9.13. The zero-order chi connectivity index (χ0) is 8.27. The minimum atomic E-state index is 0.677. The monoisotopic (exact) mass is 234 g/mol. The summed E-state index contributed by atoms with van der Waals surface area (Å²) >= 11 is 4.96. The Balaban J connectivity index is 2.56. The molecule has 0 bridgehead atoms. The molecule has 1 atom stereocenters. The fourth-order valence-corrected chi connectivity index (χ4v) is 1.83. The highest BCUT2D eigenvalue weighted by molar-refractivity contribution is 9.09. The molecule has 0 spiro atoms. The summed E-state index contributed by atoms with van der Waals surface area (Å²) in [6.45, 7) is 4.23. The van der Waals surface area contributed by atoms with Crippen molar-refractivity contribution >= 4 is 27.5 Å². The van der Waals surface area contributed by atoms with Crippen LogP contribution in [0.4, 0.5) is 0 Å². The number of aryl methyl sites for hydroxylation is 1. The molecule has 11 heavy (non-hydrogen) atoms. The van der Waals surface area contributed by atoms with Crippen LogP contribution in [-0.4, -0.2) is 14.9 Å². The molecule has 1 aromatic rings. The Bertz CT molecular complexity index is 224. The number of nitrogens with zero attached hydrogens (tertiary/aromatic N) is 2. The lowest BCUT2D eigenvalue weighted by Crippen LogP contribution is -1.99. The van der Waals surface area contributed by atoms with Gasteiger partial charge in [0, 0.05) is 10.2 Å². The van der Waals surface area contributed by atoms with E-state index in [9.17, 15) is 0 Å². The van der Waals surface area contributed by atoms with Crippen molar-refractivity contribution in [2.75, 3.05) is 5.33 Å². The van der Waals surface area contributed by atoms with E-state index in [1.54, 1.807) is 0 Å². The maximum Gasteiger partial charge on any atom is 0.0756 e. The van der Waals surface area contributed by atoms with Crippen molar-refractivity contribution in [3.05, 3.63) is 10.6 Å². The lowest BCUT2D eigenvalue weighted by molar-refractivity contribution is 0.667. The van der Waals surface area contributed by atoms with Crippen LogP contribution < -0.4 is 0 Å². The molecule has 0 aromatic carbocycles. The Morgan fingerprint density at radius 1 is 1.64 bits per heavy atom. The highest BCUT2D eigenvalue weighted by Crippen LogP contribution is 2.15. The van der Waals surface area contributed by atoms with E-state index in [0.717, 1.165) is 17.4 Å². The lowest BCUT2D eigenvalue weighted by Gasteiger charge is -2.03. The van der Waals surface area contributed by atoms with Crippen molar-refractivity contribution in [1.29, 1.82) is 0 Å². The first-order valence-corrected chi connectivity index (χ1v) is 5.47. The van der Waals surface area contributed by atoms with Gasteiger partial charge in [-0.3, -0.25) is 0 Å². The van der Waals surface area contributed by atoms with Gasteiger partial charge in [-0.1, -0.05) is 27.3 Å². The van der Waals surface area contributed by atoms with Crippen molar-refractivity contribution in [2.24, 2.45) is 5.92 Å². The molecule has 1 heterocycles. The maximum atomic E-state index is 3.96. The predicted molar refractivity (Wildman–Crippen MR) is 51.3 cm³/mol. The van der Waals surface area contributed by atoms with E-state index in [-0.39, 0.29) is 0 Å². The Kier molecular flexibility index (Phi) is 3.45. The van der Waals surface area contributed by atoms with Crippen LogP contribution in [0, 0.1) is 12.8 Å². The number of aromatic nitrogens is 2. The summed E-state index contributed by atoms with van der Waals surface area (Å²) in [6.07, 6.45) is 1.09. The first-order chi connectivity index (χ1) is 5.24. The molecule has 2 nitrogen and oxygen atoms in total. The zero-order valence-corrected chi connectivity index (χ0v) is 9.07. The van der Waals surface area contributed by atoms with E-state index in [1.165, 1.54) is 16.4 Å². The van der Waals surface area contributed by atoms with E-state index >= 15 is 0 Å². The number of alkyl halides is 1. The van der Waals surface area contributed by atoms with Crippen LogP contribution in [0.25, 0.3) is 0 Å². The summed E-state index contributed by atoms with van der Waals surface area (Å²) in [6, 6.07) is 0. The minimum Gasteiger partial charge on any atom is -0.143 e. The normalized spacial score (nSPS) is 13.4. The molecular weight excluding hydrogens is 224 g/mol. The highest BCUT2D eigenvalue weighted by atomic mass is 79.9.